The molecular weight excluding hydrogens is 343 g/mol. The highest BCUT2D eigenvalue weighted by Gasteiger charge is 2.24. The van der Waals surface area contributed by atoms with Gasteiger partial charge in [-0.15, -0.1) is 0 Å². The van der Waals surface area contributed by atoms with E-state index in [9.17, 15) is 21.2 Å². The number of aryl methyl sites for hydroxylation is 1. The first-order valence-electron chi connectivity index (χ1n) is 6.52. The zero-order chi connectivity index (χ0) is 17.4. The number of benzene rings is 2. The van der Waals surface area contributed by atoms with E-state index in [1.54, 1.807) is 6.92 Å². The molecule has 0 aromatic heterocycles. The number of halogens is 1. The Morgan fingerprint density at radius 2 is 1.57 bits per heavy atom. The van der Waals surface area contributed by atoms with Gasteiger partial charge in [-0.2, -0.15) is 8.42 Å². The Kier molecular flexibility index (Phi) is 4.50. The summed E-state index contributed by atoms with van der Waals surface area (Å²) in [4.78, 5) is -0.346. The molecule has 0 bridgehead atoms. The summed E-state index contributed by atoms with van der Waals surface area (Å²) < 4.78 is 66.5. The van der Waals surface area contributed by atoms with Crippen molar-refractivity contribution in [2.24, 2.45) is 0 Å². The van der Waals surface area contributed by atoms with Crippen LogP contribution in [0.25, 0.3) is 0 Å². The summed E-state index contributed by atoms with van der Waals surface area (Å²) in [5.41, 5.74) is 0.520. The molecule has 0 atom stereocenters. The molecule has 0 saturated heterocycles. The van der Waals surface area contributed by atoms with Gasteiger partial charge in [0.25, 0.3) is 0 Å². The van der Waals surface area contributed by atoms with Gasteiger partial charge in [0, 0.05) is 12.3 Å². The van der Waals surface area contributed by atoms with Gasteiger partial charge >= 0.3 is 10.1 Å². The highest BCUT2D eigenvalue weighted by Crippen LogP contribution is 2.27. The molecule has 0 aliphatic carbocycles. The fraction of sp³-hybridized carbons (Fsp3) is 0.200. The molecule has 0 aliphatic rings. The van der Waals surface area contributed by atoms with E-state index < -0.39 is 25.8 Å². The predicted molar refractivity (Wildman–Crippen MR) is 83.2 cm³/mol. The number of hydrogen-bond acceptors (Lipinski definition) is 5. The van der Waals surface area contributed by atoms with Crippen LogP contribution in [0.5, 0.6) is 5.75 Å². The summed E-state index contributed by atoms with van der Waals surface area (Å²) >= 11 is 0. The summed E-state index contributed by atoms with van der Waals surface area (Å²) in [6, 6.07) is 7.40. The zero-order valence-corrected chi connectivity index (χ0v) is 14.3. The molecular formula is C15H15FO5S2. The van der Waals surface area contributed by atoms with Gasteiger partial charge in [-0.3, -0.25) is 0 Å². The maximum Gasteiger partial charge on any atom is 0.339 e. The molecule has 0 fully saturated rings. The fourth-order valence-corrected chi connectivity index (χ4v) is 4.52. The first-order chi connectivity index (χ1) is 10.5. The van der Waals surface area contributed by atoms with Crippen LogP contribution >= 0.6 is 0 Å². The standard InChI is InChI=1S/C15H15FO5S2/c1-10-7-14(22(3,17)18)11(2)15(8-10)23(19,20)21-13-6-4-5-12(16)9-13/h4-9H,1-3H3. The van der Waals surface area contributed by atoms with Crippen molar-refractivity contribution in [1.29, 1.82) is 0 Å². The molecule has 124 valence electrons. The van der Waals surface area contributed by atoms with Gasteiger partial charge in [0.15, 0.2) is 9.84 Å². The highest BCUT2D eigenvalue weighted by atomic mass is 32.2. The predicted octanol–water partition coefficient (Wildman–Crippen LogP) is 2.61. The largest absolute Gasteiger partial charge is 0.379 e. The van der Waals surface area contributed by atoms with Gasteiger partial charge in [-0.25, -0.2) is 12.8 Å². The van der Waals surface area contributed by atoms with E-state index in [2.05, 4.69) is 0 Å². The van der Waals surface area contributed by atoms with Crippen molar-refractivity contribution in [2.45, 2.75) is 23.6 Å². The minimum Gasteiger partial charge on any atom is -0.379 e. The molecule has 0 aliphatic heterocycles. The van der Waals surface area contributed by atoms with Crippen LogP contribution in [-0.2, 0) is 20.0 Å². The highest BCUT2D eigenvalue weighted by molar-refractivity contribution is 7.91. The lowest BCUT2D eigenvalue weighted by molar-refractivity contribution is 0.482. The third kappa shape index (κ3) is 3.89. The van der Waals surface area contributed by atoms with E-state index >= 15 is 0 Å². The summed E-state index contributed by atoms with van der Waals surface area (Å²) in [7, 11) is -7.90. The average molecular weight is 358 g/mol. The van der Waals surface area contributed by atoms with E-state index in [-0.39, 0.29) is 21.1 Å². The van der Waals surface area contributed by atoms with Gasteiger partial charge in [-0.05, 0) is 49.2 Å². The molecule has 0 spiro atoms. The lowest BCUT2D eigenvalue weighted by Crippen LogP contribution is -2.14. The van der Waals surface area contributed by atoms with Crippen LogP contribution in [0.2, 0.25) is 0 Å². The van der Waals surface area contributed by atoms with Gasteiger partial charge < -0.3 is 4.18 Å². The molecule has 0 radical (unpaired) electrons. The molecule has 0 amide bonds. The lowest BCUT2D eigenvalue weighted by Gasteiger charge is -2.13. The Hall–Kier alpha value is -1.93. The maximum absolute atomic E-state index is 13.2. The Bertz CT molecular complexity index is 963. The third-order valence-electron chi connectivity index (χ3n) is 3.13. The molecule has 2 aromatic carbocycles. The molecule has 0 heterocycles. The van der Waals surface area contributed by atoms with E-state index in [0.717, 1.165) is 18.4 Å². The van der Waals surface area contributed by atoms with E-state index in [1.807, 2.05) is 0 Å². The first-order valence-corrected chi connectivity index (χ1v) is 9.82. The van der Waals surface area contributed by atoms with E-state index in [1.165, 1.54) is 31.2 Å². The van der Waals surface area contributed by atoms with Crippen LogP contribution < -0.4 is 4.18 Å². The van der Waals surface area contributed by atoms with E-state index in [0.29, 0.717) is 5.56 Å². The zero-order valence-electron chi connectivity index (χ0n) is 12.7. The molecule has 23 heavy (non-hydrogen) atoms. The first kappa shape index (κ1) is 17.4. The van der Waals surface area contributed by atoms with Crippen LogP contribution in [0.15, 0.2) is 46.2 Å². The van der Waals surface area contributed by atoms with E-state index in [4.69, 9.17) is 4.18 Å². The summed E-state index contributed by atoms with van der Waals surface area (Å²) in [5, 5.41) is 0. The minimum absolute atomic E-state index is 0.0644. The maximum atomic E-state index is 13.2. The second-order valence-corrected chi connectivity index (χ2v) is 8.65. The van der Waals surface area contributed by atoms with Gasteiger partial charge in [0.1, 0.15) is 16.5 Å². The Morgan fingerprint density at radius 3 is 2.13 bits per heavy atom. The fourth-order valence-electron chi connectivity index (χ4n) is 2.13. The van der Waals surface area contributed by atoms with Gasteiger partial charge in [0.2, 0.25) is 0 Å². The van der Waals surface area contributed by atoms with Gasteiger partial charge in [0.05, 0.1) is 4.90 Å². The van der Waals surface area contributed by atoms with Crippen LogP contribution in [0.3, 0.4) is 0 Å². The normalized spacial score (nSPS) is 12.2. The smallest absolute Gasteiger partial charge is 0.339 e. The van der Waals surface area contributed by atoms with Crippen LogP contribution in [0.4, 0.5) is 4.39 Å². The molecule has 2 aromatic rings. The van der Waals surface area contributed by atoms with Crippen LogP contribution in [0.1, 0.15) is 11.1 Å². The molecule has 0 N–H and O–H groups in total. The lowest BCUT2D eigenvalue weighted by atomic mass is 10.2. The number of rotatable bonds is 4. The Balaban J connectivity index is 2.59. The van der Waals surface area contributed by atoms with Crippen LogP contribution in [0, 0.1) is 19.7 Å². The quantitative estimate of drug-likeness (QED) is 0.785. The molecule has 8 heteroatoms. The summed E-state index contributed by atoms with van der Waals surface area (Å²) in [6.07, 6.45) is 0.999. The second kappa shape index (κ2) is 5.93. The van der Waals surface area contributed by atoms with Crippen molar-refractivity contribution in [1.82, 2.24) is 0 Å². The van der Waals surface area contributed by atoms with Crippen molar-refractivity contribution in [2.75, 3.05) is 6.26 Å². The topological polar surface area (TPSA) is 77.5 Å². The van der Waals surface area contributed by atoms with Crippen molar-refractivity contribution in [3.63, 3.8) is 0 Å². The van der Waals surface area contributed by atoms with Gasteiger partial charge in [-0.1, -0.05) is 6.07 Å². The Morgan fingerprint density at radius 1 is 0.957 bits per heavy atom. The average Bonchev–Trinajstić information content (AvgIpc) is 2.39. The monoisotopic (exact) mass is 358 g/mol. The third-order valence-corrected chi connectivity index (χ3v) is 5.73. The summed E-state index contributed by atoms with van der Waals surface area (Å²) in [6.45, 7) is 2.97. The number of hydrogen-bond donors (Lipinski definition) is 0. The molecule has 0 unspecified atom stereocenters. The molecule has 5 nitrogen and oxygen atoms in total. The second-order valence-electron chi connectivity index (χ2n) is 5.15. The van der Waals surface area contributed by atoms with Crippen molar-refractivity contribution in [3.8, 4) is 5.75 Å². The number of sulfone groups is 1. The summed E-state index contributed by atoms with van der Waals surface area (Å²) in [5.74, 6) is -0.831. The Labute approximate surface area is 134 Å². The molecule has 0 saturated carbocycles. The van der Waals surface area contributed by atoms with Crippen molar-refractivity contribution in [3.05, 3.63) is 53.3 Å². The van der Waals surface area contributed by atoms with Crippen molar-refractivity contribution < 1.29 is 25.4 Å². The van der Waals surface area contributed by atoms with Crippen LogP contribution in [-0.4, -0.2) is 23.1 Å². The SMILES string of the molecule is Cc1cc(S(C)(=O)=O)c(C)c(S(=O)(=O)Oc2cccc(F)c2)c1. The van der Waals surface area contributed by atoms with Crippen molar-refractivity contribution >= 4 is 20.0 Å². The minimum atomic E-state index is -4.30. The molecule has 2 rings (SSSR count).